The monoisotopic (exact) mass is 363 g/mol. The third kappa shape index (κ3) is 3.70. The van der Waals surface area contributed by atoms with Crippen molar-refractivity contribution in [3.8, 4) is 5.75 Å². The Morgan fingerprint density at radius 1 is 1.08 bits per heavy atom. The Bertz CT molecular complexity index is 820. The quantitative estimate of drug-likeness (QED) is 0.361. The van der Waals surface area contributed by atoms with Crippen molar-refractivity contribution in [3.63, 3.8) is 0 Å². The highest BCUT2D eigenvalue weighted by molar-refractivity contribution is 7.93. The number of nitrogens with zero attached hydrogens (tertiary/aromatic N) is 1. The topological polar surface area (TPSA) is 43.6 Å². The normalized spacial score (nSPS) is 12.7. The molecule has 0 aliphatic heterocycles. The molecule has 126 valence electrons. The second-order valence-electron chi connectivity index (χ2n) is 5.79. The van der Waals surface area contributed by atoms with Crippen molar-refractivity contribution >= 4 is 34.7 Å². The number of halogens is 1. The summed E-state index contributed by atoms with van der Waals surface area (Å²) >= 11 is 7.09. The minimum absolute atomic E-state index is 0.0687. The molecule has 1 N–H and O–H groups in total. The number of fused-ring (bicyclic) bond motifs is 1. The van der Waals surface area contributed by atoms with Gasteiger partial charge in [0, 0.05) is 10.4 Å². The Hall–Kier alpha value is -1.66. The average molecular weight is 364 g/mol. The highest BCUT2D eigenvalue weighted by atomic mass is 35.5. The molecule has 0 saturated heterocycles. The van der Waals surface area contributed by atoms with Gasteiger partial charge in [-0.1, -0.05) is 48.0 Å². The first-order chi connectivity index (χ1) is 11.6. The molecule has 24 heavy (non-hydrogen) atoms. The Labute approximate surface area is 150 Å². The SMILES string of the molecule is CC(C)C(O)c1cc2cc(Cl)ccc2n1SOOc1ccccc1. The van der Waals surface area contributed by atoms with Gasteiger partial charge < -0.3 is 9.99 Å². The molecule has 0 amide bonds. The zero-order chi connectivity index (χ0) is 17.1. The van der Waals surface area contributed by atoms with Crippen LogP contribution < -0.4 is 4.89 Å². The zero-order valence-electron chi connectivity index (χ0n) is 13.3. The van der Waals surface area contributed by atoms with Crippen LogP contribution in [0.3, 0.4) is 0 Å². The molecule has 3 rings (SSSR count). The molecular formula is C18H18ClNO3S. The van der Waals surface area contributed by atoms with Crippen molar-refractivity contribution in [2.24, 2.45) is 5.92 Å². The van der Waals surface area contributed by atoms with E-state index in [9.17, 15) is 5.11 Å². The molecule has 0 aliphatic carbocycles. The number of hydrogen-bond acceptors (Lipinski definition) is 4. The van der Waals surface area contributed by atoms with Crippen molar-refractivity contribution < 1.29 is 14.3 Å². The van der Waals surface area contributed by atoms with Crippen LogP contribution in [0.1, 0.15) is 25.6 Å². The fraction of sp³-hybridized carbons (Fsp3) is 0.222. The molecule has 1 heterocycles. The summed E-state index contributed by atoms with van der Waals surface area (Å²) in [7, 11) is 0. The average Bonchev–Trinajstić information content (AvgIpc) is 2.92. The van der Waals surface area contributed by atoms with Crippen LogP contribution >= 0.6 is 23.8 Å². The number of hydrogen-bond donors (Lipinski definition) is 1. The van der Waals surface area contributed by atoms with Gasteiger partial charge in [0.25, 0.3) is 0 Å². The van der Waals surface area contributed by atoms with Gasteiger partial charge in [0.1, 0.15) is 0 Å². The van der Waals surface area contributed by atoms with Crippen molar-refractivity contribution in [1.82, 2.24) is 3.97 Å². The lowest BCUT2D eigenvalue weighted by atomic mass is 10.0. The molecule has 3 aromatic rings. The molecule has 0 radical (unpaired) electrons. The Morgan fingerprint density at radius 3 is 2.54 bits per heavy atom. The molecule has 2 aromatic carbocycles. The lowest BCUT2D eigenvalue weighted by Gasteiger charge is -2.16. The van der Waals surface area contributed by atoms with E-state index < -0.39 is 6.10 Å². The standard InChI is InChI=1S/C18H18ClNO3S/c1-12(2)18(21)17-11-13-10-14(19)8-9-16(13)20(17)24-23-22-15-6-4-3-5-7-15/h3-12,18,21H,1-2H3. The molecule has 0 fully saturated rings. The van der Waals surface area contributed by atoms with E-state index in [2.05, 4.69) is 0 Å². The van der Waals surface area contributed by atoms with Crippen molar-refractivity contribution in [1.29, 1.82) is 0 Å². The van der Waals surface area contributed by atoms with Crippen molar-refractivity contribution in [3.05, 3.63) is 65.3 Å². The van der Waals surface area contributed by atoms with Crippen LogP contribution in [-0.4, -0.2) is 9.08 Å². The van der Waals surface area contributed by atoms with Crippen LogP contribution in [0.5, 0.6) is 5.75 Å². The first-order valence-corrected chi connectivity index (χ1v) is 8.69. The number of aliphatic hydroxyl groups is 1. The van der Waals surface area contributed by atoms with Gasteiger partial charge in [0.05, 0.1) is 17.3 Å². The minimum Gasteiger partial charge on any atom is -0.387 e. The summed E-state index contributed by atoms with van der Waals surface area (Å²) in [6.45, 7) is 3.93. The lowest BCUT2D eigenvalue weighted by Crippen LogP contribution is -2.09. The Balaban J connectivity index is 1.87. The number of rotatable bonds is 6. The summed E-state index contributed by atoms with van der Waals surface area (Å²) in [4.78, 5) is 5.28. The molecule has 0 bridgehead atoms. The van der Waals surface area contributed by atoms with Crippen LogP contribution in [0.25, 0.3) is 10.9 Å². The van der Waals surface area contributed by atoms with Crippen LogP contribution in [0.4, 0.5) is 0 Å². The summed E-state index contributed by atoms with van der Waals surface area (Å²) in [6.07, 6.45) is -0.621. The highest BCUT2D eigenvalue weighted by Crippen LogP contribution is 2.33. The second kappa shape index (κ2) is 7.49. The van der Waals surface area contributed by atoms with Gasteiger partial charge in [-0.15, -0.1) is 0 Å². The van der Waals surface area contributed by atoms with Gasteiger partial charge in [-0.2, -0.15) is 0 Å². The minimum atomic E-state index is -0.621. The highest BCUT2D eigenvalue weighted by Gasteiger charge is 2.20. The predicted octanol–water partition coefficient (Wildman–Crippen LogP) is 5.41. The van der Waals surface area contributed by atoms with Crippen LogP contribution in [0, 0.1) is 5.92 Å². The van der Waals surface area contributed by atoms with Gasteiger partial charge in [0.15, 0.2) is 18.0 Å². The smallest absolute Gasteiger partial charge is 0.170 e. The molecule has 1 unspecified atom stereocenters. The fourth-order valence-electron chi connectivity index (χ4n) is 2.37. The molecule has 6 heteroatoms. The van der Waals surface area contributed by atoms with Crippen LogP contribution in [-0.2, 0) is 4.33 Å². The largest absolute Gasteiger partial charge is 0.387 e. The Morgan fingerprint density at radius 2 is 1.83 bits per heavy atom. The maximum Gasteiger partial charge on any atom is 0.170 e. The zero-order valence-corrected chi connectivity index (χ0v) is 14.9. The third-order valence-electron chi connectivity index (χ3n) is 3.66. The summed E-state index contributed by atoms with van der Waals surface area (Å²) in [5, 5.41) is 12.1. The molecule has 1 atom stereocenters. The van der Waals surface area contributed by atoms with E-state index in [-0.39, 0.29) is 5.92 Å². The van der Waals surface area contributed by atoms with Crippen molar-refractivity contribution in [2.75, 3.05) is 0 Å². The van der Waals surface area contributed by atoms with E-state index in [4.69, 9.17) is 20.8 Å². The van der Waals surface area contributed by atoms with E-state index in [0.29, 0.717) is 10.8 Å². The molecule has 0 spiro atoms. The summed E-state index contributed by atoms with van der Waals surface area (Å²) < 4.78 is 7.13. The van der Waals surface area contributed by atoms with Crippen molar-refractivity contribution in [2.45, 2.75) is 20.0 Å². The maximum atomic E-state index is 10.5. The first-order valence-electron chi connectivity index (χ1n) is 7.62. The van der Waals surface area contributed by atoms with E-state index in [1.807, 2.05) is 60.3 Å². The van der Waals surface area contributed by atoms with E-state index >= 15 is 0 Å². The summed E-state index contributed by atoms with van der Waals surface area (Å²) in [6, 6.07) is 16.7. The van der Waals surface area contributed by atoms with Gasteiger partial charge in [-0.3, -0.25) is 3.97 Å². The lowest BCUT2D eigenvalue weighted by molar-refractivity contribution is -0.0787. The molecule has 4 nitrogen and oxygen atoms in total. The molecular weight excluding hydrogens is 346 g/mol. The third-order valence-corrected chi connectivity index (χ3v) is 4.58. The first kappa shape index (κ1) is 17.2. The summed E-state index contributed by atoms with van der Waals surface area (Å²) in [5.74, 6) is 0.676. The van der Waals surface area contributed by atoms with Crippen LogP contribution in [0.15, 0.2) is 54.6 Å². The number of para-hydroxylation sites is 1. The molecule has 0 aliphatic rings. The number of aromatic nitrogens is 1. The van der Waals surface area contributed by atoms with E-state index in [1.54, 1.807) is 12.1 Å². The maximum absolute atomic E-state index is 10.5. The molecule has 0 saturated carbocycles. The number of benzene rings is 2. The van der Waals surface area contributed by atoms with Gasteiger partial charge >= 0.3 is 0 Å². The van der Waals surface area contributed by atoms with Gasteiger partial charge in [-0.05, 0) is 42.3 Å². The van der Waals surface area contributed by atoms with E-state index in [1.165, 1.54) is 0 Å². The van der Waals surface area contributed by atoms with E-state index in [0.717, 1.165) is 28.8 Å². The second-order valence-corrected chi connectivity index (χ2v) is 6.88. The summed E-state index contributed by atoms with van der Waals surface area (Å²) in [5.41, 5.74) is 1.64. The number of aliphatic hydroxyl groups excluding tert-OH is 1. The molecule has 1 aromatic heterocycles. The van der Waals surface area contributed by atoms with Crippen LogP contribution in [0.2, 0.25) is 5.02 Å². The van der Waals surface area contributed by atoms with Gasteiger partial charge in [0.2, 0.25) is 0 Å². The van der Waals surface area contributed by atoms with Gasteiger partial charge in [-0.25, -0.2) is 0 Å². The fourth-order valence-corrected chi connectivity index (χ4v) is 3.22. The predicted molar refractivity (Wildman–Crippen MR) is 97.9 cm³/mol. The Kier molecular flexibility index (Phi) is 5.36.